The Morgan fingerprint density at radius 1 is 1.46 bits per heavy atom. The molecule has 0 aliphatic rings. The zero-order valence-electron chi connectivity index (χ0n) is 7.22. The van der Waals surface area contributed by atoms with Gasteiger partial charge in [-0.25, -0.2) is 4.39 Å². The Balaban J connectivity index is 2.53. The zero-order chi connectivity index (χ0) is 9.68. The van der Waals surface area contributed by atoms with Crippen molar-refractivity contribution in [2.45, 2.75) is 6.61 Å². The number of methoxy groups -OCH3 is 1. The molecule has 2 nitrogen and oxygen atoms in total. The molecule has 1 aromatic carbocycles. The van der Waals surface area contributed by atoms with Crippen LogP contribution in [-0.4, -0.2) is 13.9 Å². The number of ether oxygens (including phenoxy) is 2. The minimum absolute atomic E-state index is 0.245. The van der Waals surface area contributed by atoms with Gasteiger partial charge in [0.1, 0.15) is 12.6 Å². The predicted molar refractivity (Wildman–Crippen MR) is 50.8 cm³/mol. The van der Waals surface area contributed by atoms with E-state index in [-0.39, 0.29) is 12.6 Å². The second kappa shape index (κ2) is 5.32. The van der Waals surface area contributed by atoms with E-state index in [1.165, 1.54) is 6.07 Å². The molecule has 0 spiro atoms. The van der Waals surface area contributed by atoms with Crippen LogP contribution in [0.2, 0.25) is 0 Å². The lowest BCUT2D eigenvalue weighted by molar-refractivity contribution is -0.0390. The quantitative estimate of drug-likeness (QED) is 0.603. The third kappa shape index (κ3) is 3.42. The first-order valence-electron chi connectivity index (χ1n) is 3.74. The van der Waals surface area contributed by atoms with E-state index in [0.29, 0.717) is 11.1 Å². The summed E-state index contributed by atoms with van der Waals surface area (Å²) < 4.78 is 23.0. The summed E-state index contributed by atoms with van der Waals surface area (Å²) in [5.74, 6) is -0.268. The number of benzene rings is 1. The summed E-state index contributed by atoms with van der Waals surface area (Å²) in [6.07, 6.45) is 0. The van der Waals surface area contributed by atoms with Crippen molar-refractivity contribution in [3.63, 3.8) is 0 Å². The number of rotatable bonds is 4. The summed E-state index contributed by atoms with van der Waals surface area (Å²) in [4.78, 5) is 0. The molecule has 0 heterocycles. The fourth-order valence-electron chi connectivity index (χ4n) is 0.872. The fraction of sp³-hybridized carbons (Fsp3) is 0.333. The lowest BCUT2D eigenvalue weighted by Crippen LogP contribution is -1.97. The van der Waals surface area contributed by atoms with Crippen LogP contribution in [0.5, 0.6) is 0 Å². The Labute approximate surface area is 84.8 Å². The van der Waals surface area contributed by atoms with Gasteiger partial charge < -0.3 is 9.47 Å². The molecule has 0 bridgehead atoms. The Morgan fingerprint density at radius 3 is 2.85 bits per heavy atom. The number of halogens is 2. The summed E-state index contributed by atoms with van der Waals surface area (Å²) >= 11 is 3.09. The molecule has 0 amide bonds. The van der Waals surface area contributed by atoms with Crippen LogP contribution in [-0.2, 0) is 16.1 Å². The molecular formula is C9H10BrFO2. The molecule has 0 aliphatic heterocycles. The maximum atomic E-state index is 12.8. The highest BCUT2D eigenvalue weighted by atomic mass is 79.9. The van der Waals surface area contributed by atoms with Crippen molar-refractivity contribution < 1.29 is 13.9 Å². The molecule has 0 N–H and O–H groups in total. The highest BCUT2D eigenvalue weighted by molar-refractivity contribution is 9.10. The molecule has 1 rings (SSSR count). The van der Waals surface area contributed by atoms with Crippen molar-refractivity contribution >= 4 is 15.9 Å². The topological polar surface area (TPSA) is 18.5 Å². The second-order valence-electron chi connectivity index (χ2n) is 2.50. The van der Waals surface area contributed by atoms with E-state index in [9.17, 15) is 4.39 Å². The molecule has 1 aromatic rings. The van der Waals surface area contributed by atoms with Gasteiger partial charge in [0, 0.05) is 7.11 Å². The maximum Gasteiger partial charge on any atom is 0.146 e. The van der Waals surface area contributed by atoms with Crippen LogP contribution in [0.4, 0.5) is 4.39 Å². The first-order valence-corrected chi connectivity index (χ1v) is 4.54. The summed E-state index contributed by atoms with van der Waals surface area (Å²) in [6, 6.07) is 4.76. The summed E-state index contributed by atoms with van der Waals surface area (Å²) in [5, 5.41) is 0. The van der Waals surface area contributed by atoms with Crippen LogP contribution >= 0.6 is 15.9 Å². The molecule has 13 heavy (non-hydrogen) atoms. The van der Waals surface area contributed by atoms with Gasteiger partial charge >= 0.3 is 0 Å². The van der Waals surface area contributed by atoms with Gasteiger partial charge in [0.25, 0.3) is 0 Å². The van der Waals surface area contributed by atoms with Gasteiger partial charge in [-0.05, 0) is 33.6 Å². The molecule has 0 saturated carbocycles. The molecule has 0 radical (unpaired) electrons. The van der Waals surface area contributed by atoms with Crippen molar-refractivity contribution in [1.29, 1.82) is 0 Å². The predicted octanol–water partition coefficient (Wildman–Crippen LogP) is 2.71. The molecule has 0 fully saturated rings. The standard InChI is InChI=1S/C9H10BrFO2/c1-12-6-13-5-7-2-3-9(11)8(10)4-7/h2-4H,5-6H2,1H3. The maximum absolute atomic E-state index is 12.8. The first-order chi connectivity index (χ1) is 6.24. The van der Waals surface area contributed by atoms with Crippen molar-refractivity contribution in [2.75, 3.05) is 13.9 Å². The Morgan fingerprint density at radius 2 is 2.23 bits per heavy atom. The van der Waals surface area contributed by atoms with Crippen molar-refractivity contribution in [1.82, 2.24) is 0 Å². The van der Waals surface area contributed by atoms with Gasteiger partial charge in [0.15, 0.2) is 0 Å². The lowest BCUT2D eigenvalue weighted by atomic mass is 10.2. The van der Waals surface area contributed by atoms with Crippen LogP contribution in [0.1, 0.15) is 5.56 Å². The smallest absolute Gasteiger partial charge is 0.146 e. The largest absolute Gasteiger partial charge is 0.359 e. The Bertz CT molecular complexity index is 278. The van der Waals surface area contributed by atoms with Gasteiger partial charge in [0.05, 0.1) is 11.1 Å². The van der Waals surface area contributed by atoms with Gasteiger partial charge in [-0.15, -0.1) is 0 Å². The Kier molecular flexibility index (Phi) is 4.35. The average Bonchev–Trinajstić information content (AvgIpc) is 2.12. The molecule has 0 atom stereocenters. The van der Waals surface area contributed by atoms with Crippen molar-refractivity contribution in [3.05, 3.63) is 34.1 Å². The zero-order valence-corrected chi connectivity index (χ0v) is 8.80. The average molecular weight is 249 g/mol. The molecular weight excluding hydrogens is 239 g/mol. The van der Waals surface area contributed by atoms with E-state index in [1.807, 2.05) is 0 Å². The van der Waals surface area contributed by atoms with Crippen molar-refractivity contribution in [3.8, 4) is 0 Å². The summed E-state index contributed by atoms with van der Waals surface area (Å²) in [6.45, 7) is 0.668. The van der Waals surface area contributed by atoms with Crippen LogP contribution in [0.25, 0.3) is 0 Å². The molecule has 0 unspecified atom stereocenters. The van der Waals surface area contributed by atoms with Gasteiger partial charge in [-0.3, -0.25) is 0 Å². The monoisotopic (exact) mass is 248 g/mol. The highest BCUT2D eigenvalue weighted by Gasteiger charge is 1.99. The molecule has 4 heteroatoms. The molecule has 0 aliphatic carbocycles. The SMILES string of the molecule is COCOCc1ccc(F)c(Br)c1. The fourth-order valence-corrected chi connectivity index (χ4v) is 1.30. The van der Waals surface area contributed by atoms with Crippen molar-refractivity contribution in [2.24, 2.45) is 0 Å². The third-order valence-corrected chi connectivity index (χ3v) is 2.06. The van der Waals surface area contributed by atoms with E-state index in [2.05, 4.69) is 15.9 Å². The lowest BCUT2D eigenvalue weighted by Gasteiger charge is -2.03. The van der Waals surface area contributed by atoms with E-state index in [4.69, 9.17) is 9.47 Å². The number of hydrogen-bond acceptors (Lipinski definition) is 2. The minimum Gasteiger partial charge on any atom is -0.359 e. The van der Waals surface area contributed by atoms with Crippen LogP contribution < -0.4 is 0 Å². The van der Waals surface area contributed by atoms with Crippen LogP contribution in [0, 0.1) is 5.82 Å². The normalized spacial score (nSPS) is 10.4. The molecule has 0 aromatic heterocycles. The van der Waals surface area contributed by atoms with Crippen LogP contribution in [0.3, 0.4) is 0 Å². The van der Waals surface area contributed by atoms with E-state index in [1.54, 1.807) is 19.2 Å². The summed E-state index contributed by atoms with van der Waals surface area (Å²) in [7, 11) is 1.56. The highest BCUT2D eigenvalue weighted by Crippen LogP contribution is 2.17. The Hall–Kier alpha value is -0.450. The molecule has 72 valence electrons. The van der Waals surface area contributed by atoms with E-state index < -0.39 is 0 Å². The van der Waals surface area contributed by atoms with Gasteiger partial charge in [-0.1, -0.05) is 6.07 Å². The van der Waals surface area contributed by atoms with E-state index >= 15 is 0 Å². The third-order valence-electron chi connectivity index (χ3n) is 1.45. The summed E-state index contributed by atoms with van der Waals surface area (Å²) in [5.41, 5.74) is 0.908. The molecule has 0 saturated heterocycles. The number of hydrogen-bond donors (Lipinski definition) is 0. The minimum atomic E-state index is -0.268. The first kappa shape index (κ1) is 10.6. The van der Waals surface area contributed by atoms with Crippen LogP contribution in [0.15, 0.2) is 22.7 Å². The van der Waals surface area contributed by atoms with Gasteiger partial charge in [-0.2, -0.15) is 0 Å². The van der Waals surface area contributed by atoms with E-state index in [0.717, 1.165) is 5.56 Å². The second-order valence-corrected chi connectivity index (χ2v) is 3.36. The van der Waals surface area contributed by atoms with Gasteiger partial charge in [0.2, 0.25) is 0 Å².